The summed E-state index contributed by atoms with van der Waals surface area (Å²) in [6, 6.07) is 10.9. The second-order valence-electron chi connectivity index (χ2n) is 7.16. The van der Waals surface area contributed by atoms with E-state index < -0.39 is 0 Å². The van der Waals surface area contributed by atoms with Crippen LogP contribution < -0.4 is 0 Å². The van der Waals surface area contributed by atoms with Gasteiger partial charge in [-0.05, 0) is 35.9 Å². The second-order valence-corrected chi connectivity index (χ2v) is 8.33. The van der Waals surface area contributed by atoms with Gasteiger partial charge in [0.2, 0.25) is 5.91 Å². The molecule has 4 rings (SSSR count). The molecule has 0 N–H and O–H groups in total. The van der Waals surface area contributed by atoms with Crippen LogP contribution in [-0.4, -0.2) is 51.7 Å². The standard InChI is InChI=1S/C22H23FN4OS/c1-25-15-17(14-24-25)5-8-22(28)27-11-9-26(10-12-27)16-20-6-7-21(29-20)18-3-2-4-19(23)13-18/h2-8,13-15H,9-12,16H2,1H3/b8-5+. The van der Waals surface area contributed by atoms with E-state index in [4.69, 9.17) is 0 Å². The first-order valence-electron chi connectivity index (χ1n) is 9.59. The molecule has 0 bridgehead atoms. The lowest BCUT2D eigenvalue weighted by molar-refractivity contribution is -0.127. The van der Waals surface area contributed by atoms with Crippen molar-refractivity contribution >= 4 is 23.3 Å². The summed E-state index contributed by atoms with van der Waals surface area (Å²) in [6.45, 7) is 3.99. The molecule has 29 heavy (non-hydrogen) atoms. The normalized spacial score (nSPS) is 15.3. The molecular formula is C22H23FN4OS. The van der Waals surface area contributed by atoms with Gasteiger partial charge in [-0.25, -0.2) is 4.39 Å². The molecule has 1 amide bonds. The number of nitrogens with zero attached hydrogens (tertiary/aromatic N) is 4. The van der Waals surface area contributed by atoms with E-state index in [-0.39, 0.29) is 11.7 Å². The minimum absolute atomic E-state index is 0.0398. The maximum atomic E-state index is 13.4. The van der Waals surface area contributed by atoms with Crippen molar-refractivity contribution in [3.63, 3.8) is 0 Å². The summed E-state index contributed by atoms with van der Waals surface area (Å²) < 4.78 is 15.2. The van der Waals surface area contributed by atoms with Crippen molar-refractivity contribution in [2.75, 3.05) is 26.2 Å². The molecule has 0 radical (unpaired) electrons. The van der Waals surface area contributed by atoms with Crippen LogP contribution in [-0.2, 0) is 18.4 Å². The fourth-order valence-corrected chi connectivity index (χ4v) is 4.45. The molecule has 1 aliphatic rings. The predicted octanol–water partition coefficient (Wildman–Crippen LogP) is 3.65. The maximum absolute atomic E-state index is 13.4. The maximum Gasteiger partial charge on any atom is 0.246 e. The molecule has 0 aliphatic carbocycles. The highest BCUT2D eigenvalue weighted by molar-refractivity contribution is 7.15. The van der Waals surface area contributed by atoms with Gasteiger partial charge in [-0.15, -0.1) is 11.3 Å². The van der Waals surface area contributed by atoms with Crippen molar-refractivity contribution in [1.82, 2.24) is 19.6 Å². The first-order chi connectivity index (χ1) is 14.1. The van der Waals surface area contributed by atoms with Gasteiger partial charge in [-0.3, -0.25) is 14.4 Å². The topological polar surface area (TPSA) is 41.4 Å². The highest BCUT2D eigenvalue weighted by Crippen LogP contribution is 2.29. The van der Waals surface area contributed by atoms with Gasteiger partial charge in [0.1, 0.15) is 5.82 Å². The Bertz CT molecular complexity index is 1020. The van der Waals surface area contributed by atoms with Crippen molar-refractivity contribution < 1.29 is 9.18 Å². The average Bonchev–Trinajstić information content (AvgIpc) is 3.36. The molecule has 150 valence electrons. The van der Waals surface area contributed by atoms with Crippen LogP contribution in [0.1, 0.15) is 10.4 Å². The Labute approximate surface area is 173 Å². The van der Waals surface area contributed by atoms with Crippen LogP contribution in [0.4, 0.5) is 4.39 Å². The summed E-state index contributed by atoms with van der Waals surface area (Å²) >= 11 is 1.70. The summed E-state index contributed by atoms with van der Waals surface area (Å²) in [4.78, 5) is 19.0. The number of carbonyl (C=O) groups excluding carboxylic acids is 1. The lowest BCUT2D eigenvalue weighted by Crippen LogP contribution is -2.47. The van der Waals surface area contributed by atoms with Gasteiger partial charge < -0.3 is 4.90 Å². The Hall–Kier alpha value is -2.77. The summed E-state index contributed by atoms with van der Waals surface area (Å²) in [5.74, 6) is -0.172. The van der Waals surface area contributed by atoms with E-state index in [2.05, 4.69) is 22.1 Å². The van der Waals surface area contributed by atoms with Gasteiger partial charge >= 0.3 is 0 Å². The summed E-state index contributed by atoms with van der Waals surface area (Å²) in [7, 11) is 1.85. The van der Waals surface area contributed by atoms with Gasteiger partial charge in [-0.1, -0.05) is 12.1 Å². The van der Waals surface area contributed by atoms with Crippen LogP contribution in [0.15, 0.2) is 54.9 Å². The molecule has 3 aromatic rings. The second kappa shape index (κ2) is 8.71. The number of piperazine rings is 1. The van der Waals surface area contributed by atoms with Crippen molar-refractivity contribution in [3.05, 3.63) is 71.1 Å². The molecule has 0 atom stereocenters. The molecule has 1 aliphatic heterocycles. The van der Waals surface area contributed by atoms with Crippen LogP contribution in [0.3, 0.4) is 0 Å². The lowest BCUT2D eigenvalue weighted by Gasteiger charge is -2.34. The lowest BCUT2D eigenvalue weighted by atomic mass is 10.2. The zero-order chi connectivity index (χ0) is 20.2. The van der Waals surface area contributed by atoms with E-state index in [9.17, 15) is 9.18 Å². The number of rotatable bonds is 5. The van der Waals surface area contributed by atoms with Gasteiger partial charge in [0, 0.05) is 67.4 Å². The number of benzene rings is 1. The Morgan fingerprint density at radius 2 is 2.03 bits per heavy atom. The van der Waals surface area contributed by atoms with E-state index >= 15 is 0 Å². The average molecular weight is 411 g/mol. The van der Waals surface area contributed by atoms with Crippen molar-refractivity contribution in [2.24, 2.45) is 7.05 Å². The number of halogens is 1. The number of carbonyl (C=O) groups is 1. The molecule has 0 saturated carbocycles. The summed E-state index contributed by atoms with van der Waals surface area (Å²) in [6.07, 6.45) is 7.04. The smallest absolute Gasteiger partial charge is 0.246 e. The number of amides is 1. The summed E-state index contributed by atoms with van der Waals surface area (Å²) in [5, 5.41) is 4.10. The first kappa shape index (κ1) is 19.5. The van der Waals surface area contributed by atoms with E-state index in [1.165, 1.54) is 10.9 Å². The fourth-order valence-electron chi connectivity index (χ4n) is 3.41. The SMILES string of the molecule is Cn1cc(/C=C/C(=O)N2CCN(Cc3ccc(-c4cccc(F)c4)s3)CC2)cn1. The van der Waals surface area contributed by atoms with Crippen molar-refractivity contribution in [2.45, 2.75) is 6.54 Å². The Morgan fingerprint density at radius 3 is 2.76 bits per heavy atom. The van der Waals surface area contributed by atoms with Gasteiger partial charge in [0.15, 0.2) is 0 Å². The van der Waals surface area contributed by atoms with E-state index in [0.29, 0.717) is 0 Å². The number of hydrogen-bond donors (Lipinski definition) is 0. The van der Waals surface area contributed by atoms with E-state index in [1.54, 1.807) is 46.5 Å². The molecular weight excluding hydrogens is 387 g/mol. The predicted molar refractivity (Wildman–Crippen MR) is 114 cm³/mol. The molecule has 1 fully saturated rings. The van der Waals surface area contributed by atoms with Crippen LogP contribution in [0, 0.1) is 5.82 Å². The van der Waals surface area contributed by atoms with E-state index in [1.807, 2.05) is 24.2 Å². The highest BCUT2D eigenvalue weighted by atomic mass is 32.1. The van der Waals surface area contributed by atoms with Crippen LogP contribution in [0.2, 0.25) is 0 Å². The minimum atomic E-state index is -0.212. The van der Waals surface area contributed by atoms with Crippen LogP contribution in [0.5, 0.6) is 0 Å². The van der Waals surface area contributed by atoms with Crippen LogP contribution >= 0.6 is 11.3 Å². The number of thiophene rings is 1. The van der Waals surface area contributed by atoms with Gasteiger partial charge in [0.25, 0.3) is 0 Å². The third-order valence-electron chi connectivity index (χ3n) is 4.98. The quantitative estimate of drug-likeness (QED) is 0.603. The zero-order valence-electron chi connectivity index (χ0n) is 16.3. The fraction of sp³-hybridized carbons (Fsp3) is 0.273. The molecule has 7 heteroatoms. The minimum Gasteiger partial charge on any atom is -0.337 e. The molecule has 1 aromatic carbocycles. The van der Waals surface area contributed by atoms with Crippen molar-refractivity contribution in [1.29, 1.82) is 0 Å². The van der Waals surface area contributed by atoms with E-state index in [0.717, 1.165) is 48.7 Å². The van der Waals surface area contributed by atoms with Gasteiger partial charge in [0.05, 0.1) is 6.20 Å². The molecule has 3 heterocycles. The number of aromatic nitrogens is 2. The molecule has 0 spiro atoms. The highest BCUT2D eigenvalue weighted by Gasteiger charge is 2.20. The third kappa shape index (κ3) is 4.99. The van der Waals surface area contributed by atoms with Crippen molar-refractivity contribution in [3.8, 4) is 10.4 Å². The number of aryl methyl sites for hydroxylation is 1. The summed E-state index contributed by atoms with van der Waals surface area (Å²) in [5.41, 5.74) is 1.84. The Morgan fingerprint density at radius 1 is 1.21 bits per heavy atom. The zero-order valence-corrected chi connectivity index (χ0v) is 17.1. The van der Waals surface area contributed by atoms with Gasteiger partial charge in [-0.2, -0.15) is 5.10 Å². The first-order valence-corrected chi connectivity index (χ1v) is 10.4. The third-order valence-corrected chi connectivity index (χ3v) is 6.10. The Balaban J connectivity index is 1.29. The molecule has 2 aromatic heterocycles. The molecule has 5 nitrogen and oxygen atoms in total. The molecule has 1 saturated heterocycles. The largest absolute Gasteiger partial charge is 0.337 e. The number of hydrogen-bond acceptors (Lipinski definition) is 4. The molecule has 0 unspecified atom stereocenters. The Kier molecular flexibility index (Phi) is 5.87. The monoisotopic (exact) mass is 410 g/mol. The van der Waals surface area contributed by atoms with Crippen LogP contribution in [0.25, 0.3) is 16.5 Å².